The summed E-state index contributed by atoms with van der Waals surface area (Å²) in [5.74, 6) is 0.0434. The molecule has 18 heavy (non-hydrogen) atoms. The highest BCUT2D eigenvalue weighted by molar-refractivity contribution is 8.02. The number of nitrogens with one attached hydrogen (secondary N) is 2. The van der Waals surface area contributed by atoms with E-state index < -0.39 is 0 Å². The van der Waals surface area contributed by atoms with Crippen molar-refractivity contribution in [3.63, 3.8) is 0 Å². The molecule has 1 atom stereocenters. The first-order valence-electron chi connectivity index (χ1n) is 6.11. The van der Waals surface area contributed by atoms with Crippen LogP contribution in [0.15, 0.2) is 4.34 Å². The van der Waals surface area contributed by atoms with Gasteiger partial charge in [-0.3, -0.25) is 4.79 Å². The average molecular weight is 286 g/mol. The van der Waals surface area contributed by atoms with Gasteiger partial charge in [-0.15, -0.1) is 10.2 Å². The molecular formula is C11H18N4OS2. The van der Waals surface area contributed by atoms with Crippen LogP contribution >= 0.6 is 23.1 Å². The molecule has 0 radical (unpaired) electrons. The fourth-order valence-electron chi connectivity index (χ4n) is 1.32. The summed E-state index contributed by atoms with van der Waals surface area (Å²) in [6.45, 7) is 5.80. The fourth-order valence-corrected chi connectivity index (χ4v) is 3.31. The Morgan fingerprint density at radius 1 is 1.39 bits per heavy atom. The van der Waals surface area contributed by atoms with E-state index in [1.54, 1.807) is 0 Å². The van der Waals surface area contributed by atoms with Gasteiger partial charge in [0.25, 0.3) is 0 Å². The molecule has 0 aliphatic heterocycles. The number of nitrogens with zero attached hydrogens (tertiary/aromatic N) is 2. The smallest absolute Gasteiger partial charge is 0.233 e. The van der Waals surface area contributed by atoms with Gasteiger partial charge in [-0.1, -0.05) is 23.1 Å². The Balaban J connectivity index is 1.83. The van der Waals surface area contributed by atoms with E-state index in [4.69, 9.17) is 0 Å². The second-order valence-corrected chi connectivity index (χ2v) is 7.28. The molecule has 1 aromatic rings. The maximum Gasteiger partial charge on any atom is 0.233 e. The van der Waals surface area contributed by atoms with E-state index in [-0.39, 0.29) is 17.2 Å². The second kappa shape index (κ2) is 5.88. The molecule has 0 bridgehead atoms. The number of carbonyl (C=O) groups excluding carboxylic acids is 1. The third kappa shape index (κ3) is 4.13. The molecule has 1 amide bonds. The molecule has 7 heteroatoms. The van der Waals surface area contributed by atoms with Gasteiger partial charge in [0.1, 0.15) is 0 Å². The van der Waals surface area contributed by atoms with Gasteiger partial charge in [-0.05, 0) is 33.6 Å². The largest absolute Gasteiger partial charge is 0.357 e. The zero-order valence-electron chi connectivity index (χ0n) is 10.8. The van der Waals surface area contributed by atoms with Crippen molar-refractivity contribution in [3.05, 3.63) is 0 Å². The minimum absolute atomic E-state index is 0.0434. The highest BCUT2D eigenvalue weighted by atomic mass is 32.2. The van der Waals surface area contributed by atoms with Crippen LogP contribution in [-0.2, 0) is 4.79 Å². The van der Waals surface area contributed by atoms with Gasteiger partial charge in [0, 0.05) is 12.1 Å². The SMILES string of the molecule is CC(C)NC(=O)[C@H](C)Sc1nnc(NC2CC2)s1. The van der Waals surface area contributed by atoms with Crippen LogP contribution in [-0.4, -0.2) is 33.4 Å². The standard InChI is InChI=1S/C11H18N4OS2/c1-6(2)12-9(16)7(3)17-11-15-14-10(18-11)13-8-4-5-8/h6-8H,4-5H2,1-3H3,(H,12,16)(H,13,14)/t7-/m0/s1. The molecule has 100 valence electrons. The summed E-state index contributed by atoms with van der Waals surface area (Å²) in [4.78, 5) is 11.8. The van der Waals surface area contributed by atoms with Crippen molar-refractivity contribution in [2.45, 2.75) is 55.3 Å². The van der Waals surface area contributed by atoms with Crippen LogP contribution in [0.2, 0.25) is 0 Å². The molecule has 1 aromatic heterocycles. The van der Waals surface area contributed by atoms with Crippen LogP contribution in [0, 0.1) is 0 Å². The Morgan fingerprint density at radius 3 is 2.72 bits per heavy atom. The number of hydrogen-bond acceptors (Lipinski definition) is 6. The van der Waals surface area contributed by atoms with Crippen molar-refractivity contribution in [2.24, 2.45) is 0 Å². The predicted octanol–water partition coefficient (Wildman–Crippen LogP) is 2.12. The van der Waals surface area contributed by atoms with Crippen molar-refractivity contribution in [2.75, 3.05) is 5.32 Å². The summed E-state index contributed by atoms with van der Waals surface area (Å²) in [5.41, 5.74) is 0. The Morgan fingerprint density at radius 2 is 2.11 bits per heavy atom. The molecule has 2 rings (SSSR count). The highest BCUT2D eigenvalue weighted by Gasteiger charge is 2.23. The molecule has 1 saturated carbocycles. The molecule has 1 aliphatic carbocycles. The van der Waals surface area contributed by atoms with Crippen molar-refractivity contribution in [1.29, 1.82) is 0 Å². The van der Waals surface area contributed by atoms with Crippen LogP contribution in [0.1, 0.15) is 33.6 Å². The second-order valence-electron chi connectivity index (χ2n) is 4.72. The van der Waals surface area contributed by atoms with E-state index in [0.717, 1.165) is 9.47 Å². The molecule has 1 heterocycles. The quantitative estimate of drug-likeness (QED) is 0.784. The van der Waals surface area contributed by atoms with Gasteiger partial charge < -0.3 is 10.6 Å². The van der Waals surface area contributed by atoms with Crippen LogP contribution < -0.4 is 10.6 Å². The van der Waals surface area contributed by atoms with E-state index in [2.05, 4.69) is 20.8 Å². The summed E-state index contributed by atoms with van der Waals surface area (Å²) < 4.78 is 0.838. The lowest BCUT2D eigenvalue weighted by Gasteiger charge is -2.12. The summed E-state index contributed by atoms with van der Waals surface area (Å²) >= 11 is 2.97. The molecule has 0 aromatic carbocycles. The number of hydrogen-bond donors (Lipinski definition) is 2. The number of thioether (sulfide) groups is 1. The first kappa shape index (κ1) is 13.6. The Bertz CT molecular complexity index is 417. The van der Waals surface area contributed by atoms with Crippen LogP contribution in [0.25, 0.3) is 0 Å². The van der Waals surface area contributed by atoms with Gasteiger partial charge in [0.05, 0.1) is 5.25 Å². The molecule has 5 nitrogen and oxygen atoms in total. The van der Waals surface area contributed by atoms with E-state index in [0.29, 0.717) is 6.04 Å². The van der Waals surface area contributed by atoms with E-state index in [1.165, 1.54) is 35.9 Å². The average Bonchev–Trinajstić information content (AvgIpc) is 2.98. The molecule has 1 fully saturated rings. The number of carbonyl (C=O) groups is 1. The lowest BCUT2D eigenvalue weighted by atomic mass is 10.3. The van der Waals surface area contributed by atoms with Gasteiger partial charge >= 0.3 is 0 Å². The molecule has 0 spiro atoms. The van der Waals surface area contributed by atoms with Gasteiger partial charge in [0.2, 0.25) is 11.0 Å². The van der Waals surface area contributed by atoms with E-state index >= 15 is 0 Å². The molecule has 1 aliphatic rings. The third-order valence-corrected chi connectivity index (χ3v) is 4.43. The molecule has 0 saturated heterocycles. The van der Waals surface area contributed by atoms with E-state index in [1.807, 2.05) is 20.8 Å². The van der Waals surface area contributed by atoms with E-state index in [9.17, 15) is 4.79 Å². The normalized spacial score (nSPS) is 16.7. The molecular weight excluding hydrogens is 268 g/mol. The van der Waals surface area contributed by atoms with Gasteiger partial charge in [0.15, 0.2) is 4.34 Å². The Hall–Kier alpha value is -0.820. The topological polar surface area (TPSA) is 66.9 Å². The zero-order valence-corrected chi connectivity index (χ0v) is 12.4. The summed E-state index contributed by atoms with van der Waals surface area (Å²) in [7, 11) is 0. The summed E-state index contributed by atoms with van der Waals surface area (Å²) in [6, 6.07) is 0.750. The monoisotopic (exact) mass is 286 g/mol. The zero-order chi connectivity index (χ0) is 13.1. The van der Waals surface area contributed by atoms with Crippen molar-refractivity contribution in [1.82, 2.24) is 15.5 Å². The minimum Gasteiger partial charge on any atom is -0.357 e. The number of anilines is 1. The highest BCUT2D eigenvalue weighted by Crippen LogP contribution is 2.31. The van der Waals surface area contributed by atoms with Crippen LogP contribution in [0.4, 0.5) is 5.13 Å². The first-order valence-corrected chi connectivity index (χ1v) is 7.81. The van der Waals surface area contributed by atoms with Crippen molar-refractivity contribution >= 4 is 34.1 Å². The summed E-state index contributed by atoms with van der Waals surface area (Å²) in [6.07, 6.45) is 2.44. The van der Waals surface area contributed by atoms with Gasteiger partial charge in [-0.25, -0.2) is 0 Å². The Labute approximate surface area is 115 Å². The Kier molecular flexibility index (Phi) is 4.45. The maximum atomic E-state index is 11.8. The summed E-state index contributed by atoms with van der Waals surface area (Å²) in [5, 5.41) is 15.1. The predicted molar refractivity (Wildman–Crippen MR) is 75.2 cm³/mol. The van der Waals surface area contributed by atoms with Gasteiger partial charge in [-0.2, -0.15) is 0 Å². The minimum atomic E-state index is -0.144. The van der Waals surface area contributed by atoms with Crippen LogP contribution in [0.5, 0.6) is 0 Å². The van der Waals surface area contributed by atoms with Crippen molar-refractivity contribution in [3.8, 4) is 0 Å². The number of rotatable bonds is 6. The molecule has 0 unspecified atom stereocenters. The number of amides is 1. The molecule has 2 N–H and O–H groups in total. The van der Waals surface area contributed by atoms with Crippen molar-refractivity contribution < 1.29 is 4.79 Å². The van der Waals surface area contributed by atoms with Crippen LogP contribution in [0.3, 0.4) is 0 Å². The third-order valence-electron chi connectivity index (χ3n) is 2.39. The first-order chi connectivity index (χ1) is 8.54. The maximum absolute atomic E-state index is 11.8. The lowest BCUT2D eigenvalue weighted by molar-refractivity contribution is -0.120. The lowest BCUT2D eigenvalue weighted by Crippen LogP contribution is -2.35. The fraction of sp³-hybridized carbons (Fsp3) is 0.727. The number of aromatic nitrogens is 2.